The van der Waals surface area contributed by atoms with Gasteiger partial charge in [0.2, 0.25) is 0 Å². The Morgan fingerprint density at radius 3 is 2.52 bits per heavy atom. The van der Waals surface area contributed by atoms with Crippen LogP contribution in [-0.2, 0) is 0 Å². The summed E-state index contributed by atoms with van der Waals surface area (Å²) in [5, 5.41) is 3.52. The van der Waals surface area contributed by atoms with Gasteiger partial charge in [-0.2, -0.15) is 0 Å². The molecule has 0 aliphatic heterocycles. The first-order chi connectivity index (χ1) is 10.8. The minimum Gasteiger partial charge on any atom is -0.350 e. The molecule has 0 saturated carbocycles. The molecular weight excluding hydrogens is 308 g/mol. The fourth-order valence-electron chi connectivity index (χ4n) is 1.75. The van der Waals surface area contributed by atoms with Crippen LogP contribution in [-0.4, -0.2) is 17.4 Å². The fourth-order valence-corrected chi connectivity index (χ4v) is 1.94. The van der Waals surface area contributed by atoms with E-state index in [1.165, 1.54) is 0 Å². The van der Waals surface area contributed by atoms with Crippen molar-refractivity contribution in [2.45, 2.75) is 20.8 Å². The van der Waals surface area contributed by atoms with Crippen LogP contribution in [0.15, 0.2) is 42.6 Å². The number of carbonyl (C=O) groups is 1. The number of nitrogens with one attached hydrogen (secondary N) is 1. The Hall–Kier alpha value is -2.31. The Balaban J connectivity index is 2.04. The lowest BCUT2D eigenvalue weighted by Crippen LogP contribution is -2.32. The molecule has 23 heavy (non-hydrogen) atoms. The Kier molecular flexibility index (Phi) is 5.41. The van der Waals surface area contributed by atoms with Crippen molar-refractivity contribution in [3.05, 3.63) is 64.4 Å². The van der Waals surface area contributed by atoms with Crippen LogP contribution in [0.2, 0.25) is 5.02 Å². The molecule has 1 aromatic carbocycles. The molecule has 3 nitrogen and oxygen atoms in total. The van der Waals surface area contributed by atoms with Crippen molar-refractivity contribution in [3.8, 4) is 11.8 Å². The zero-order valence-corrected chi connectivity index (χ0v) is 14.2. The second-order valence-corrected chi connectivity index (χ2v) is 6.87. The van der Waals surface area contributed by atoms with Gasteiger partial charge in [0.1, 0.15) is 5.69 Å². The molecule has 0 saturated heterocycles. The van der Waals surface area contributed by atoms with Gasteiger partial charge in [-0.25, -0.2) is 4.98 Å². The van der Waals surface area contributed by atoms with Crippen molar-refractivity contribution in [1.82, 2.24) is 10.3 Å². The SMILES string of the molecule is CC(C)(C)CNC(=O)c1ccc(C#Cc2cccc(Cl)c2)cn1. The third-order valence-electron chi connectivity index (χ3n) is 2.95. The van der Waals surface area contributed by atoms with E-state index < -0.39 is 0 Å². The zero-order chi connectivity index (χ0) is 16.9. The van der Waals surface area contributed by atoms with Gasteiger partial charge in [-0.15, -0.1) is 0 Å². The largest absolute Gasteiger partial charge is 0.350 e. The number of nitrogens with zero attached hydrogens (tertiary/aromatic N) is 1. The van der Waals surface area contributed by atoms with Crippen LogP contribution in [0.3, 0.4) is 0 Å². The number of rotatable bonds is 2. The van der Waals surface area contributed by atoms with Crippen LogP contribution in [0, 0.1) is 17.3 Å². The first-order valence-corrected chi connectivity index (χ1v) is 7.73. The molecule has 1 N–H and O–H groups in total. The van der Waals surface area contributed by atoms with Gasteiger partial charge in [-0.05, 0) is 35.7 Å². The van der Waals surface area contributed by atoms with E-state index in [9.17, 15) is 4.79 Å². The highest BCUT2D eigenvalue weighted by Crippen LogP contribution is 2.11. The average Bonchev–Trinajstić information content (AvgIpc) is 2.50. The predicted octanol–water partition coefficient (Wildman–Crippen LogP) is 3.91. The van der Waals surface area contributed by atoms with E-state index in [4.69, 9.17) is 11.6 Å². The molecule has 0 fully saturated rings. The van der Waals surface area contributed by atoms with Gasteiger partial charge in [0, 0.05) is 28.9 Å². The molecule has 4 heteroatoms. The molecular formula is C19H19ClN2O. The summed E-state index contributed by atoms with van der Waals surface area (Å²) in [5.74, 6) is 5.86. The molecule has 2 rings (SSSR count). The maximum Gasteiger partial charge on any atom is 0.269 e. The van der Waals surface area contributed by atoms with E-state index in [1.807, 2.05) is 12.1 Å². The normalized spacial score (nSPS) is 10.6. The first-order valence-electron chi connectivity index (χ1n) is 7.35. The van der Waals surface area contributed by atoms with Crippen molar-refractivity contribution < 1.29 is 4.79 Å². The highest BCUT2D eigenvalue weighted by Gasteiger charge is 2.13. The monoisotopic (exact) mass is 326 g/mol. The minimum absolute atomic E-state index is 0.0397. The number of benzene rings is 1. The molecule has 0 unspecified atom stereocenters. The first kappa shape index (κ1) is 17.1. The van der Waals surface area contributed by atoms with Crippen molar-refractivity contribution in [3.63, 3.8) is 0 Å². The van der Waals surface area contributed by atoms with Crippen LogP contribution in [0.4, 0.5) is 0 Å². The van der Waals surface area contributed by atoms with E-state index in [1.54, 1.807) is 30.5 Å². The Morgan fingerprint density at radius 2 is 1.91 bits per heavy atom. The summed E-state index contributed by atoms with van der Waals surface area (Å²) < 4.78 is 0. The van der Waals surface area contributed by atoms with E-state index in [0.717, 1.165) is 11.1 Å². The number of carbonyl (C=O) groups excluding carboxylic acids is 1. The highest BCUT2D eigenvalue weighted by atomic mass is 35.5. The van der Waals surface area contributed by atoms with Gasteiger partial charge in [0.25, 0.3) is 5.91 Å². The van der Waals surface area contributed by atoms with Crippen LogP contribution >= 0.6 is 11.6 Å². The summed E-state index contributed by atoms with van der Waals surface area (Å²) in [6.07, 6.45) is 1.60. The lowest BCUT2D eigenvalue weighted by atomic mass is 9.97. The van der Waals surface area contributed by atoms with Gasteiger partial charge >= 0.3 is 0 Å². The van der Waals surface area contributed by atoms with Gasteiger partial charge in [0.15, 0.2) is 0 Å². The molecule has 0 spiro atoms. The van der Waals surface area contributed by atoms with Crippen LogP contribution in [0.25, 0.3) is 0 Å². The standard InChI is InChI=1S/C19H19ClN2O/c1-19(2,3)13-22-18(23)17-10-9-15(12-21-17)8-7-14-5-4-6-16(20)11-14/h4-6,9-12H,13H2,1-3H3,(H,22,23). The molecule has 2 aromatic rings. The minimum atomic E-state index is -0.172. The van der Waals surface area contributed by atoms with Crippen LogP contribution in [0.5, 0.6) is 0 Å². The van der Waals surface area contributed by atoms with E-state index in [-0.39, 0.29) is 11.3 Å². The molecule has 0 bridgehead atoms. The lowest BCUT2D eigenvalue weighted by Gasteiger charge is -2.18. The molecule has 0 radical (unpaired) electrons. The smallest absolute Gasteiger partial charge is 0.269 e. The lowest BCUT2D eigenvalue weighted by molar-refractivity contribution is 0.0934. The zero-order valence-electron chi connectivity index (χ0n) is 13.5. The van der Waals surface area contributed by atoms with Gasteiger partial charge in [0.05, 0.1) is 0 Å². The quantitative estimate of drug-likeness (QED) is 0.850. The molecule has 1 heterocycles. The Bertz CT molecular complexity index is 749. The van der Waals surface area contributed by atoms with E-state index >= 15 is 0 Å². The third-order valence-corrected chi connectivity index (χ3v) is 3.19. The number of amides is 1. The summed E-state index contributed by atoms with van der Waals surface area (Å²) in [5.41, 5.74) is 2.02. The van der Waals surface area contributed by atoms with Crippen molar-refractivity contribution in [2.75, 3.05) is 6.54 Å². The number of pyridine rings is 1. The van der Waals surface area contributed by atoms with E-state index in [2.05, 4.69) is 42.9 Å². The summed E-state index contributed by atoms with van der Waals surface area (Å²) in [6.45, 7) is 6.80. The summed E-state index contributed by atoms with van der Waals surface area (Å²) in [6, 6.07) is 10.8. The topological polar surface area (TPSA) is 42.0 Å². The van der Waals surface area contributed by atoms with Crippen molar-refractivity contribution >= 4 is 17.5 Å². The number of halogens is 1. The van der Waals surface area contributed by atoms with E-state index in [0.29, 0.717) is 17.3 Å². The number of aromatic nitrogens is 1. The summed E-state index contributed by atoms with van der Waals surface area (Å²) in [7, 11) is 0. The Morgan fingerprint density at radius 1 is 1.17 bits per heavy atom. The predicted molar refractivity (Wildman–Crippen MR) is 93.5 cm³/mol. The molecule has 0 aliphatic carbocycles. The molecule has 0 aliphatic rings. The second-order valence-electron chi connectivity index (χ2n) is 6.44. The Labute approximate surface area is 142 Å². The van der Waals surface area contributed by atoms with Gasteiger partial charge in [-0.3, -0.25) is 4.79 Å². The second kappa shape index (κ2) is 7.30. The van der Waals surface area contributed by atoms with Gasteiger partial charge in [-0.1, -0.05) is 50.3 Å². The summed E-state index contributed by atoms with van der Waals surface area (Å²) in [4.78, 5) is 16.2. The van der Waals surface area contributed by atoms with Crippen LogP contribution in [0.1, 0.15) is 42.4 Å². The fraction of sp³-hybridized carbons (Fsp3) is 0.263. The molecule has 0 atom stereocenters. The number of hydrogen-bond acceptors (Lipinski definition) is 2. The highest BCUT2D eigenvalue weighted by molar-refractivity contribution is 6.30. The maximum atomic E-state index is 12.0. The third kappa shape index (κ3) is 5.77. The molecule has 118 valence electrons. The van der Waals surface area contributed by atoms with Crippen molar-refractivity contribution in [1.29, 1.82) is 0 Å². The molecule has 1 amide bonds. The van der Waals surface area contributed by atoms with Crippen molar-refractivity contribution in [2.24, 2.45) is 5.41 Å². The summed E-state index contributed by atoms with van der Waals surface area (Å²) >= 11 is 5.92. The number of hydrogen-bond donors (Lipinski definition) is 1. The van der Waals surface area contributed by atoms with Crippen LogP contribution < -0.4 is 5.32 Å². The average molecular weight is 327 g/mol. The molecule has 1 aromatic heterocycles. The van der Waals surface area contributed by atoms with Gasteiger partial charge < -0.3 is 5.32 Å². The maximum absolute atomic E-state index is 12.0.